The average Bonchev–Trinajstić information content (AvgIpc) is 2.97. The van der Waals surface area contributed by atoms with Crippen molar-refractivity contribution in [1.82, 2.24) is 14.7 Å². The lowest BCUT2D eigenvalue weighted by Crippen LogP contribution is -2.39. The molecule has 0 aliphatic carbocycles. The van der Waals surface area contributed by atoms with Gasteiger partial charge in [-0.3, -0.25) is 4.79 Å². The molecule has 4 nitrogen and oxygen atoms in total. The number of benzene rings is 1. The Morgan fingerprint density at radius 1 is 1.26 bits per heavy atom. The molecule has 0 bridgehead atoms. The first-order chi connectivity index (χ1) is 11.1. The average molecular weight is 313 g/mol. The highest BCUT2D eigenvalue weighted by atomic mass is 16.2. The summed E-state index contributed by atoms with van der Waals surface area (Å²) in [5.74, 6) is 0.0329. The van der Waals surface area contributed by atoms with Gasteiger partial charge in [0.25, 0.3) is 5.91 Å². The van der Waals surface area contributed by atoms with E-state index in [1.54, 1.807) is 0 Å². The molecule has 0 spiro atoms. The van der Waals surface area contributed by atoms with Crippen molar-refractivity contribution in [3.05, 3.63) is 47.8 Å². The molecule has 0 fully saturated rings. The molecule has 1 unspecified atom stereocenters. The van der Waals surface area contributed by atoms with Gasteiger partial charge in [-0.2, -0.15) is 5.10 Å². The quantitative estimate of drug-likeness (QED) is 0.767. The fourth-order valence-corrected chi connectivity index (χ4v) is 2.63. The predicted octanol–water partition coefficient (Wildman–Crippen LogP) is 4.22. The zero-order chi connectivity index (χ0) is 16.8. The Kier molecular flexibility index (Phi) is 5.97. The van der Waals surface area contributed by atoms with Crippen molar-refractivity contribution >= 4 is 5.91 Å². The van der Waals surface area contributed by atoms with Gasteiger partial charge < -0.3 is 4.90 Å². The summed E-state index contributed by atoms with van der Waals surface area (Å²) in [5.41, 5.74) is 2.48. The van der Waals surface area contributed by atoms with Gasteiger partial charge in [0, 0.05) is 18.3 Å². The number of unbranched alkanes of at least 4 members (excludes halogenated alkanes) is 1. The Bertz CT molecular complexity index is 633. The van der Waals surface area contributed by atoms with Crippen LogP contribution < -0.4 is 0 Å². The molecule has 0 saturated heterocycles. The van der Waals surface area contributed by atoms with Crippen LogP contribution in [0.4, 0.5) is 0 Å². The summed E-state index contributed by atoms with van der Waals surface area (Å²) in [6.07, 6.45) is 3.06. The van der Waals surface area contributed by atoms with Crippen molar-refractivity contribution in [1.29, 1.82) is 0 Å². The van der Waals surface area contributed by atoms with Gasteiger partial charge in [-0.05, 0) is 44.9 Å². The van der Waals surface area contributed by atoms with Gasteiger partial charge in [-0.1, -0.05) is 38.5 Å². The highest BCUT2D eigenvalue weighted by Crippen LogP contribution is 2.16. The van der Waals surface area contributed by atoms with Crippen LogP contribution in [-0.2, 0) is 0 Å². The number of nitrogens with zero attached hydrogens (tertiary/aromatic N) is 3. The SMILES string of the molecule is CCCCN(C(=O)c1cc(C)n(-c2ccccc2)n1)C(C)CC. The largest absolute Gasteiger partial charge is 0.335 e. The van der Waals surface area contributed by atoms with Crippen LogP contribution in [0.2, 0.25) is 0 Å². The second-order valence-corrected chi connectivity index (χ2v) is 6.03. The molecule has 124 valence electrons. The van der Waals surface area contributed by atoms with Crippen LogP contribution in [0.25, 0.3) is 5.69 Å². The second kappa shape index (κ2) is 7.95. The van der Waals surface area contributed by atoms with Gasteiger partial charge >= 0.3 is 0 Å². The molecule has 1 atom stereocenters. The van der Waals surface area contributed by atoms with Gasteiger partial charge in [0.1, 0.15) is 0 Å². The zero-order valence-corrected chi connectivity index (χ0v) is 14.6. The van der Waals surface area contributed by atoms with E-state index in [1.807, 2.05) is 52.9 Å². The summed E-state index contributed by atoms with van der Waals surface area (Å²) in [5, 5.41) is 4.55. The molecule has 2 aromatic rings. The lowest BCUT2D eigenvalue weighted by atomic mass is 10.1. The Morgan fingerprint density at radius 3 is 2.57 bits per heavy atom. The van der Waals surface area contributed by atoms with E-state index in [-0.39, 0.29) is 11.9 Å². The number of carbonyl (C=O) groups excluding carboxylic acids is 1. The van der Waals surface area contributed by atoms with Crippen LogP contribution in [0.3, 0.4) is 0 Å². The minimum Gasteiger partial charge on any atom is -0.335 e. The maximum Gasteiger partial charge on any atom is 0.274 e. The Hall–Kier alpha value is -2.10. The highest BCUT2D eigenvalue weighted by Gasteiger charge is 2.23. The Labute approximate surface area is 139 Å². The second-order valence-electron chi connectivity index (χ2n) is 6.03. The number of amides is 1. The van der Waals surface area contributed by atoms with Gasteiger partial charge in [-0.15, -0.1) is 0 Å². The number of hydrogen-bond acceptors (Lipinski definition) is 2. The summed E-state index contributed by atoms with van der Waals surface area (Å²) in [7, 11) is 0. The summed E-state index contributed by atoms with van der Waals surface area (Å²) < 4.78 is 1.84. The fraction of sp³-hybridized carbons (Fsp3) is 0.474. The molecule has 0 saturated carbocycles. The minimum atomic E-state index is 0.0329. The number of aryl methyl sites for hydroxylation is 1. The Balaban J connectivity index is 2.28. The van der Waals surface area contributed by atoms with E-state index in [2.05, 4.69) is 25.9 Å². The molecule has 2 rings (SSSR count). The van der Waals surface area contributed by atoms with Gasteiger partial charge in [0.05, 0.1) is 5.69 Å². The molecule has 1 aromatic heterocycles. The molecule has 1 heterocycles. The van der Waals surface area contributed by atoms with Crippen LogP contribution >= 0.6 is 0 Å². The van der Waals surface area contributed by atoms with Crippen molar-refractivity contribution in [2.45, 2.75) is 53.0 Å². The van der Waals surface area contributed by atoms with Crippen molar-refractivity contribution in [2.75, 3.05) is 6.54 Å². The van der Waals surface area contributed by atoms with Crippen LogP contribution in [-0.4, -0.2) is 33.2 Å². The number of hydrogen-bond donors (Lipinski definition) is 0. The lowest BCUT2D eigenvalue weighted by molar-refractivity contribution is 0.0678. The normalized spacial score (nSPS) is 12.2. The van der Waals surface area contributed by atoms with E-state index < -0.39 is 0 Å². The van der Waals surface area contributed by atoms with E-state index in [0.717, 1.165) is 37.2 Å². The van der Waals surface area contributed by atoms with E-state index in [0.29, 0.717) is 5.69 Å². The van der Waals surface area contributed by atoms with Crippen molar-refractivity contribution in [3.8, 4) is 5.69 Å². The summed E-state index contributed by atoms with van der Waals surface area (Å²) >= 11 is 0. The molecule has 1 aromatic carbocycles. The van der Waals surface area contributed by atoms with Crippen LogP contribution in [0.1, 0.15) is 56.2 Å². The molecular formula is C19H27N3O. The topological polar surface area (TPSA) is 38.1 Å². The van der Waals surface area contributed by atoms with Crippen LogP contribution in [0.5, 0.6) is 0 Å². The van der Waals surface area contributed by atoms with E-state index >= 15 is 0 Å². The van der Waals surface area contributed by atoms with Gasteiger partial charge in [0.15, 0.2) is 5.69 Å². The van der Waals surface area contributed by atoms with Crippen molar-refractivity contribution in [3.63, 3.8) is 0 Å². The maximum absolute atomic E-state index is 12.9. The first-order valence-corrected chi connectivity index (χ1v) is 8.51. The Morgan fingerprint density at radius 2 is 1.96 bits per heavy atom. The van der Waals surface area contributed by atoms with E-state index in [9.17, 15) is 4.79 Å². The fourth-order valence-electron chi connectivity index (χ4n) is 2.63. The summed E-state index contributed by atoms with van der Waals surface area (Å²) in [6.45, 7) is 9.14. The summed E-state index contributed by atoms with van der Waals surface area (Å²) in [4.78, 5) is 14.9. The molecule has 1 amide bonds. The maximum atomic E-state index is 12.9. The van der Waals surface area contributed by atoms with Gasteiger partial charge in [0.2, 0.25) is 0 Å². The molecular weight excluding hydrogens is 286 g/mol. The van der Waals surface area contributed by atoms with E-state index in [1.165, 1.54) is 0 Å². The third kappa shape index (κ3) is 4.01. The van der Waals surface area contributed by atoms with Crippen LogP contribution in [0, 0.1) is 6.92 Å². The minimum absolute atomic E-state index is 0.0329. The predicted molar refractivity (Wildman–Crippen MR) is 94.0 cm³/mol. The smallest absolute Gasteiger partial charge is 0.274 e. The number of rotatable bonds is 7. The summed E-state index contributed by atoms with van der Waals surface area (Å²) in [6, 6.07) is 12.0. The third-order valence-electron chi connectivity index (χ3n) is 4.24. The van der Waals surface area contributed by atoms with Crippen molar-refractivity contribution < 1.29 is 4.79 Å². The molecule has 0 aliphatic heterocycles. The molecule has 4 heteroatoms. The van der Waals surface area contributed by atoms with Crippen LogP contribution in [0.15, 0.2) is 36.4 Å². The molecule has 23 heavy (non-hydrogen) atoms. The third-order valence-corrected chi connectivity index (χ3v) is 4.24. The first kappa shape index (κ1) is 17.3. The van der Waals surface area contributed by atoms with Crippen molar-refractivity contribution in [2.24, 2.45) is 0 Å². The standard InChI is InChI=1S/C19H27N3O/c1-5-7-13-21(15(3)6-2)19(23)18-14-16(4)22(20-18)17-11-9-8-10-12-17/h8-12,14-15H,5-7,13H2,1-4H3. The number of para-hydroxylation sites is 1. The monoisotopic (exact) mass is 313 g/mol. The molecule has 0 aliphatic rings. The van der Waals surface area contributed by atoms with E-state index in [4.69, 9.17) is 0 Å². The lowest BCUT2D eigenvalue weighted by Gasteiger charge is -2.27. The highest BCUT2D eigenvalue weighted by molar-refractivity contribution is 5.92. The number of carbonyl (C=O) groups is 1. The number of aromatic nitrogens is 2. The van der Waals surface area contributed by atoms with Gasteiger partial charge in [-0.25, -0.2) is 4.68 Å². The molecule has 0 radical (unpaired) electrons. The first-order valence-electron chi connectivity index (χ1n) is 8.51. The zero-order valence-electron chi connectivity index (χ0n) is 14.6. The molecule has 0 N–H and O–H groups in total.